The molecule has 0 radical (unpaired) electrons. The number of ether oxygens (including phenoxy) is 1. The van der Waals surface area contributed by atoms with E-state index in [2.05, 4.69) is 15.3 Å². The molecule has 0 fully saturated rings. The van der Waals surface area contributed by atoms with Gasteiger partial charge in [0, 0.05) is 37.4 Å². The van der Waals surface area contributed by atoms with Crippen molar-refractivity contribution in [1.29, 1.82) is 0 Å². The topological polar surface area (TPSA) is 88.8 Å². The van der Waals surface area contributed by atoms with E-state index in [0.29, 0.717) is 30.4 Å². The molecule has 3 aromatic rings. The molecule has 3 rings (SSSR count). The Morgan fingerprint density at radius 1 is 1.18 bits per heavy atom. The van der Waals surface area contributed by atoms with Gasteiger partial charge in [-0.3, -0.25) is 4.40 Å². The first-order chi connectivity index (χ1) is 13.2. The molecule has 8 nitrogen and oxygen atoms in total. The minimum Gasteiger partial charge on any atom is -0.492 e. The number of aromatic nitrogens is 3. The average molecular weight is 404 g/mol. The molecule has 0 spiro atoms. The van der Waals surface area contributed by atoms with E-state index in [1.54, 1.807) is 18.2 Å². The van der Waals surface area contributed by atoms with Gasteiger partial charge in [0.25, 0.3) is 0 Å². The Labute approximate surface area is 165 Å². The number of hydrogen-bond acceptors (Lipinski definition) is 6. The third kappa shape index (κ3) is 3.95. The highest BCUT2D eigenvalue weighted by Crippen LogP contribution is 2.29. The van der Waals surface area contributed by atoms with Crippen molar-refractivity contribution in [2.24, 2.45) is 0 Å². The Morgan fingerprint density at radius 3 is 2.61 bits per heavy atom. The van der Waals surface area contributed by atoms with Gasteiger partial charge in [0.1, 0.15) is 10.6 Å². The summed E-state index contributed by atoms with van der Waals surface area (Å²) in [7, 11) is -0.629. The highest BCUT2D eigenvalue weighted by Gasteiger charge is 2.23. The summed E-state index contributed by atoms with van der Waals surface area (Å²) in [5.74, 6) is 0.988. The maximum atomic E-state index is 12.6. The maximum Gasteiger partial charge on any atom is 0.246 e. The predicted octanol–water partition coefficient (Wildman–Crippen LogP) is 2.61. The fraction of sp³-hybridized carbons (Fsp3) is 0.368. The zero-order valence-electron chi connectivity index (χ0n) is 16.7. The van der Waals surface area contributed by atoms with Crippen LogP contribution in [0.3, 0.4) is 0 Å². The van der Waals surface area contributed by atoms with E-state index in [1.807, 2.05) is 37.4 Å². The Balaban J connectivity index is 1.88. The minimum absolute atomic E-state index is 0.132. The first-order valence-electron chi connectivity index (χ1n) is 8.98. The van der Waals surface area contributed by atoms with Gasteiger partial charge in [-0.1, -0.05) is 0 Å². The second-order valence-electron chi connectivity index (χ2n) is 6.68. The lowest BCUT2D eigenvalue weighted by atomic mass is 10.3. The summed E-state index contributed by atoms with van der Waals surface area (Å²) in [6.45, 7) is 6.59. The summed E-state index contributed by atoms with van der Waals surface area (Å²) in [6, 6.07) is 7.05. The molecule has 150 valence electrons. The first-order valence-corrected chi connectivity index (χ1v) is 10.4. The number of fused-ring (bicyclic) bond motifs is 1. The van der Waals surface area contributed by atoms with Crippen LogP contribution in [-0.2, 0) is 16.6 Å². The van der Waals surface area contributed by atoms with Crippen molar-refractivity contribution in [1.82, 2.24) is 18.7 Å². The lowest BCUT2D eigenvalue weighted by molar-refractivity contribution is 0.330. The molecule has 0 aliphatic heterocycles. The molecule has 0 bridgehead atoms. The number of anilines is 1. The van der Waals surface area contributed by atoms with Gasteiger partial charge < -0.3 is 10.1 Å². The molecular weight excluding hydrogens is 378 g/mol. The molecule has 2 aromatic heterocycles. The van der Waals surface area contributed by atoms with E-state index in [-0.39, 0.29) is 4.90 Å². The van der Waals surface area contributed by atoms with Crippen molar-refractivity contribution in [3.63, 3.8) is 0 Å². The molecule has 1 N–H and O–H groups in total. The molecule has 1 aromatic carbocycles. The first kappa shape index (κ1) is 20.1. The van der Waals surface area contributed by atoms with Crippen LogP contribution in [0.25, 0.3) is 5.78 Å². The van der Waals surface area contributed by atoms with Crippen molar-refractivity contribution in [2.75, 3.05) is 26.0 Å². The molecule has 0 unspecified atom stereocenters. The van der Waals surface area contributed by atoms with Crippen molar-refractivity contribution >= 4 is 21.5 Å². The van der Waals surface area contributed by atoms with Gasteiger partial charge in [-0.2, -0.15) is 0 Å². The average Bonchev–Trinajstić information content (AvgIpc) is 3.04. The number of nitrogens with zero attached hydrogens (tertiary/aromatic N) is 4. The Morgan fingerprint density at radius 2 is 1.93 bits per heavy atom. The smallest absolute Gasteiger partial charge is 0.246 e. The minimum atomic E-state index is -3.63. The number of benzene rings is 1. The van der Waals surface area contributed by atoms with E-state index < -0.39 is 10.0 Å². The SMILES string of the molecule is CCOc1ccc(NCc2cn3c(C)cc(C)nc3n2)cc1S(=O)(=O)N(C)C. The number of rotatable bonds is 7. The third-order valence-corrected chi connectivity index (χ3v) is 6.12. The molecule has 0 amide bonds. The quantitative estimate of drug-likeness (QED) is 0.652. The Bertz CT molecular complexity index is 1110. The fourth-order valence-electron chi connectivity index (χ4n) is 2.89. The van der Waals surface area contributed by atoms with Crippen LogP contribution in [0.15, 0.2) is 35.4 Å². The van der Waals surface area contributed by atoms with Gasteiger partial charge in [-0.15, -0.1) is 0 Å². The van der Waals surface area contributed by atoms with Crippen LogP contribution in [0.2, 0.25) is 0 Å². The van der Waals surface area contributed by atoms with Crippen LogP contribution in [0.1, 0.15) is 24.0 Å². The zero-order chi connectivity index (χ0) is 20.5. The van der Waals surface area contributed by atoms with Crippen LogP contribution >= 0.6 is 0 Å². The number of aryl methyl sites for hydroxylation is 2. The van der Waals surface area contributed by atoms with E-state index in [9.17, 15) is 8.42 Å². The van der Waals surface area contributed by atoms with Crippen molar-refractivity contribution in [3.05, 3.63) is 47.5 Å². The van der Waals surface area contributed by atoms with Gasteiger partial charge in [0.15, 0.2) is 0 Å². The lowest BCUT2D eigenvalue weighted by Crippen LogP contribution is -2.23. The summed E-state index contributed by atoms with van der Waals surface area (Å²) in [5.41, 5.74) is 3.45. The monoisotopic (exact) mass is 403 g/mol. The van der Waals surface area contributed by atoms with Crippen molar-refractivity contribution < 1.29 is 13.2 Å². The van der Waals surface area contributed by atoms with Crippen LogP contribution in [0.4, 0.5) is 5.69 Å². The van der Waals surface area contributed by atoms with E-state index in [4.69, 9.17) is 4.74 Å². The second-order valence-corrected chi connectivity index (χ2v) is 8.80. The molecule has 0 saturated carbocycles. The summed E-state index contributed by atoms with van der Waals surface area (Å²) < 4.78 is 33.9. The molecule has 2 heterocycles. The van der Waals surface area contributed by atoms with E-state index >= 15 is 0 Å². The third-order valence-electron chi connectivity index (χ3n) is 4.29. The van der Waals surface area contributed by atoms with E-state index in [0.717, 1.165) is 17.1 Å². The normalized spacial score (nSPS) is 11.9. The molecule has 9 heteroatoms. The predicted molar refractivity (Wildman–Crippen MR) is 108 cm³/mol. The molecule has 28 heavy (non-hydrogen) atoms. The lowest BCUT2D eigenvalue weighted by Gasteiger charge is -2.16. The number of imidazole rings is 1. The van der Waals surface area contributed by atoms with Crippen molar-refractivity contribution in [3.8, 4) is 5.75 Å². The number of nitrogens with one attached hydrogen (secondary N) is 1. The Hall–Kier alpha value is -2.65. The second kappa shape index (κ2) is 7.76. The largest absolute Gasteiger partial charge is 0.492 e. The van der Waals surface area contributed by atoms with Crippen LogP contribution < -0.4 is 10.1 Å². The van der Waals surface area contributed by atoms with Crippen LogP contribution in [-0.4, -0.2) is 47.8 Å². The van der Waals surface area contributed by atoms with E-state index in [1.165, 1.54) is 18.4 Å². The molecule has 0 aliphatic carbocycles. The fourth-order valence-corrected chi connectivity index (χ4v) is 3.94. The van der Waals surface area contributed by atoms with Gasteiger partial charge >= 0.3 is 0 Å². The number of hydrogen-bond donors (Lipinski definition) is 1. The van der Waals surface area contributed by atoms with Gasteiger partial charge in [0.05, 0.1) is 18.8 Å². The summed E-state index contributed by atoms with van der Waals surface area (Å²) in [4.78, 5) is 9.10. The molecular formula is C19H25N5O3S. The van der Waals surface area contributed by atoms with Crippen LogP contribution in [0, 0.1) is 13.8 Å². The van der Waals surface area contributed by atoms with Gasteiger partial charge in [-0.05, 0) is 45.0 Å². The standard InChI is InChI=1S/C19H25N5O3S/c1-6-27-17-8-7-15(10-18(17)28(25,26)23(4)5)20-11-16-12-24-14(3)9-13(2)21-19(24)22-16/h7-10,12,20H,6,11H2,1-5H3. The van der Waals surface area contributed by atoms with Gasteiger partial charge in [0.2, 0.25) is 15.8 Å². The highest BCUT2D eigenvalue weighted by atomic mass is 32.2. The highest BCUT2D eigenvalue weighted by molar-refractivity contribution is 7.89. The zero-order valence-corrected chi connectivity index (χ0v) is 17.5. The van der Waals surface area contributed by atoms with Crippen LogP contribution in [0.5, 0.6) is 5.75 Å². The van der Waals surface area contributed by atoms with Crippen molar-refractivity contribution in [2.45, 2.75) is 32.2 Å². The molecule has 0 saturated heterocycles. The maximum absolute atomic E-state index is 12.6. The Kier molecular flexibility index (Phi) is 5.57. The van der Waals surface area contributed by atoms with Gasteiger partial charge in [-0.25, -0.2) is 22.7 Å². The summed E-state index contributed by atoms with van der Waals surface area (Å²) in [5, 5.41) is 3.23. The summed E-state index contributed by atoms with van der Waals surface area (Å²) >= 11 is 0. The molecule has 0 atom stereocenters. The number of sulfonamides is 1. The summed E-state index contributed by atoms with van der Waals surface area (Å²) in [6.07, 6.45) is 1.93. The molecule has 0 aliphatic rings.